The lowest BCUT2D eigenvalue weighted by atomic mass is 9.99. The van der Waals surface area contributed by atoms with Crippen molar-refractivity contribution in [3.63, 3.8) is 0 Å². The zero-order chi connectivity index (χ0) is 19.4. The molecule has 7 nitrogen and oxygen atoms in total. The number of rotatable bonds is 6. The maximum atomic E-state index is 11.3. The number of likely N-dealkylation sites (N-methyl/N-ethyl adjacent to an activating group) is 1. The topological polar surface area (TPSA) is 95.7 Å². The number of nitrogens with zero attached hydrogens (tertiary/aromatic N) is 2. The van der Waals surface area contributed by atoms with E-state index in [1.165, 1.54) is 17.7 Å². The summed E-state index contributed by atoms with van der Waals surface area (Å²) in [5.74, 6) is -1.20. The zero-order valence-electron chi connectivity index (χ0n) is 15.0. The molecule has 0 amide bonds. The van der Waals surface area contributed by atoms with Gasteiger partial charge in [0.15, 0.2) is 0 Å². The van der Waals surface area contributed by atoms with Crippen LogP contribution in [-0.2, 0) is 0 Å². The Hall–Kier alpha value is -3.19. The molecule has 1 aliphatic heterocycles. The standard InChI is InChI=1S/C20H21N3O4/c1-2-22-10-8-14(9-11-22)15-4-3-5-17(12-15)21-18-7-6-16(20(24)25)13-19(18)23(26)27/h3-8,12-13,21H,2,9-11H2,1H3,(H,24,25). The molecule has 0 aliphatic carbocycles. The molecule has 0 saturated heterocycles. The maximum absolute atomic E-state index is 11.3. The molecule has 0 atom stereocenters. The van der Waals surface area contributed by atoms with Gasteiger partial charge in [-0.1, -0.05) is 25.1 Å². The van der Waals surface area contributed by atoms with Gasteiger partial charge in [-0.25, -0.2) is 4.79 Å². The molecule has 0 aromatic heterocycles. The van der Waals surface area contributed by atoms with Gasteiger partial charge in [-0.2, -0.15) is 0 Å². The Morgan fingerprint density at radius 1 is 1.30 bits per heavy atom. The number of hydrogen-bond acceptors (Lipinski definition) is 5. The molecular formula is C20H21N3O4. The minimum absolute atomic E-state index is 0.117. The minimum Gasteiger partial charge on any atom is -0.478 e. The van der Waals surface area contributed by atoms with Crippen molar-refractivity contribution in [3.8, 4) is 0 Å². The van der Waals surface area contributed by atoms with E-state index in [-0.39, 0.29) is 16.9 Å². The first-order valence-corrected chi connectivity index (χ1v) is 8.78. The van der Waals surface area contributed by atoms with Crippen LogP contribution in [0.15, 0.2) is 48.5 Å². The van der Waals surface area contributed by atoms with Gasteiger partial charge < -0.3 is 10.4 Å². The number of carboxylic acid groups (broad SMARTS) is 1. The average Bonchev–Trinajstić information content (AvgIpc) is 2.68. The van der Waals surface area contributed by atoms with Gasteiger partial charge in [-0.05, 0) is 48.4 Å². The highest BCUT2D eigenvalue weighted by Crippen LogP contribution is 2.31. The quantitative estimate of drug-likeness (QED) is 0.588. The summed E-state index contributed by atoms with van der Waals surface area (Å²) in [6.45, 7) is 5.11. The van der Waals surface area contributed by atoms with Crippen LogP contribution >= 0.6 is 0 Å². The molecule has 27 heavy (non-hydrogen) atoms. The molecule has 2 aromatic rings. The van der Waals surface area contributed by atoms with Gasteiger partial charge in [-0.15, -0.1) is 0 Å². The van der Waals surface area contributed by atoms with Crippen LogP contribution in [0.1, 0.15) is 29.3 Å². The van der Waals surface area contributed by atoms with Crippen molar-refractivity contribution in [2.24, 2.45) is 0 Å². The summed E-state index contributed by atoms with van der Waals surface area (Å²) < 4.78 is 0. The summed E-state index contributed by atoms with van der Waals surface area (Å²) >= 11 is 0. The highest BCUT2D eigenvalue weighted by molar-refractivity contribution is 5.90. The zero-order valence-corrected chi connectivity index (χ0v) is 15.0. The van der Waals surface area contributed by atoms with E-state index in [2.05, 4.69) is 23.2 Å². The molecule has 0 unspecified atom stereocenters. The predicted molar refractivity (Wildman–Crippen MR) is 104 cm³/mol. The Kier molecular flexibility index (Phi) is 5.52. The van der Waals surface area contributed by atoms with Gasteiger partial charge in [0, 0.05) is 24.8 Å². The van der Waals surface area contributed by atoms with Crippen LogP contribution in [-0.4, -0.2) is 40.5 Å². The molecular weight excluding hydrogens is 346 g/mol. The number of anilines is 2. The molecule has 1 heterocycles. The summed E-state index contributed by atoms with van der Waals surface area (Å²) in [6.07, 6.45) is 3.18. The van der Waals surface area contributed by atoms with Gasteiger partial charge >= 0.3 is 5.97 Å². The van der Waals surface area contributed by atoms with Gasteiger partial charge in [0.25, 0.3) is 5.69 Å². The molecule has 2 aromatic carbocycles. The van der Waals surface area contributed by atoms with E-state index < -0.39 is 10.9 Å². The van der Waals surface area contributed by atoms with Crippen LogP contribution in [0.25, 0.3) is 5.57 Å². The maximum Gasteiger partial charge on any atom is 0.335 e. The van der Waals surface area contributed by atoms with Gasteiger partial charge in [0.1, 0.15) is 5.69 Å². The van der Waals surface area contributed by atoms with Crippen LogP contribution in [0.4, 0.5) is 17.1 Å². The molecule has 2 N–H and O–H groups in total. The highest BCUT2D eigenvalue weighted by Gasteiger charge is 2.18. The summed E-state index contributed by atoms with van der Waals surface area (Å²) in [6, 6.07) is 11.6. The molecule has 7 heteroatoms. The second kappa shape index (κ2) is 8.01. The van der Waals surface area contributed by atoms with E-state index in [9.17, 15) is 14.9 Å². The minimum atomic E-state index is -1.20. The summed E-state index contributed by atoms with van der Waals surface area (Å²) in [4.78, 5) is 24.2. The Balaban J connectivity index is 1.86. The second-order valence-corrected chi connectivity index (χ2v) is 6.37. The molecule has 0 spiro atoms. The van der Waals surface area contributed by atoms with Crippen molar-refractivity contribution in [2.45, 2.75) is 13.3 Å². The van der Waals surface area contributed by atoms with Crippen molar-refractivity contribution in [1.82, 2.24) is 4.90 Å². The third-order valence-electron chi connectivity index (χ3n) is 4.69. The van der Waals surface area contributed by atoms with Crippen LogP contribution < -0.4 is 5.32 Å². The molecule has 0 bridgehead atoms. The van der Waals surface area contributed by atoms with E-state index in [0.717, 1.165) is 43.4 Å². The molecule has 3 rings (SSSR count). The largest absolute Gasteiger partial charge is 0.478 e. The first-order valence-electron chi connectivity index (χ1n) is 8.78. The molecule has 140 valence electrons. The van der Waals surface area contributed by atoms with Crippen molar-refractivity contribution >= 4 is 28.6 Å². The van der Waals surface area contributed by atoms with E-state index in [4.69, 9.17) is 5.11 Å². The lowest BCUT2D eigenvalue weighted by molar-refractivity contribution is -0.383. The van der Waals surface area contributed by atoms with E-state index in [1.807, 2.05) is 24.3 Å². The summed E-state index contributed by atoms with van der Waals surface area (Å²) in [7, 11) is 0. The first-order chi connectivity index (χ1) is 13.0. The Bertz CT molecular complexity index is 908. The van der Waals surface area contributed by atoms with Crippen molar-refractivity contribution < 1.29 is 14.8 Å². The first kappa shape index (κ1) is 18.6. The summed E-state index contributed by atoms with van der Waals surface area (Å²) in [5.41, 5.74) is 2.94. The predicted octanol–water partition coefficient (Wildman–Crippen LogP) is 4.15. The SMILES string of the molecule is CCN1CC=C(c2cccc(Nc3ccc(C(=O)O)cc3[N+](=O)[O-])c2)CC1. The monoisotopic (exact) mass is 367 g/mol. The van der Waals surface area contributed by atoms with E-state index in [0.29, 0.717) is 0 Å². The fourth-order valence-electron chi connectivity index (χ4n) is 3.13. The van der Waals surface area contributed by atoms with Crippen molar-refractivity contribution in [1.29, 1.82) is 0 Å². The number of carbonyl (C=O) groups is 1. The second-order valence-electron chi connectivity index (χ2n) is 6.37. The van der Waals surface area contributed by atoms with E-state index >= 15 is 0 Å². The highest BCUT2D eigenvalue weighted by atomic mass is 16.6. The number of aromatic carboxylic acids is 1. The van der Waals surface area contributed by atoms with Crippen LogP contribution in [0.5, 0.6) is 0 Å². The lowest BCUT2D eigenvalue weighted by Gasteiger charge is -2.25. The van der Waals surface area contributed by atoms with Crippen LogP contribution in [0.2, 0.25) is 0 Å². The number of benzene rings is 2. The molecule has 1 aliphatic rings. The Labute approximate surface area is 157 Å². The van der Waals surface area contributed by atoms with Gasteiger partial charge in [0.05, 0.1) is 10.5 Å². The fourth-order valence-corrected chi connectivity index (χ4v) is 3.13. The van der Waals surface area contributed by atoms with Crippen LogP contribution in [0, 0.1) is 10.1 Å². The number of carboxylic acids is 1. The van der Waals surface area contributed by atoms with Gasteiger partial charge in [0.2, 0.25) is 0 Å². The molecule has 0 saturated carbocycles. The van der Waals surface area contributed by atoms with E-state index in [1.54, 1.807) is 0 Å². The van der Waals surface area contributed by atoms with Gasteiger partial charge in [-0.3, -0.25) is 15.0 Å². The van der Waals surface area contributed by atoms with Crippen molar-refractivity contribution in [2.75, 3.05) is 25.0 Å². The average molecular weight is 367 g/mol. The number of nitro benzene ring substituents is 1. The normalized spacial score (nSPS) is 14.5. The number of nitrogens with one attached hydrogen (secondary N) is 1. The Morgan fingerprint density at radius 3 is 2.74 bits per heavy atom. The molecule has 0 fully saturated rings. The lowest BCUT2D eigenvalue weighted by Crippen LogP contribution is -2.27. The van der Waals surface area contributed by atoms with Crippen LogP contribution in [0.3, 0.4) is 0 Å². The molecule has 0 radical (unpaired) electrons. The number of hydrogen-bond donors (Lipinski definition) is 2. The third-order valence-corrected chi connectivity index (χ3v) is 4.69. The third kappa shape index (κ3) is 4.32. The number of nitro groups is 1. The Morgan fingerprint density at radius 2 is 2.11 bits per heavy atom. The fraction of sp³-hybridized carbons (Fsp3) is 0.250. The summed E-state index contributed by atoms with van der Waals surface area (Å²) in [5, 5.41) is 23.4. The van der Waals surface area contributed by atoms with Crippen molar-refractivity contribution in [3.05, 3.63) is 69.8 Å². The smallest absolute Gasteiger partial charge is 0.335 e.